The van der Waals surface area contributed by atoms with E-state index in [0.717, 1.165) is 0 Å². The van der Waals surface area contributed by atoms with Crippen LogP contribution in [0.15, 0.2) is 48.5 Å². The summed E-state index contributed by atoms with van der Waals surface area (Å²) in [5, 5.41) is 20.5. The van der Waals surface area contributed by atoms with Crippen LogP contribution in [0.25, 0.3) is 0 Å². The molecule has 12 heteroatoms. The molecule has 2 atom stereocenters. The minimum atomic E-state index is -1.73. The maximum Gasteiger partial charge on any atom is 0.259 e. The molecule has 0 aromatic heterocycles. The van der Waals surface area contributed by atoms with E-state index in [2.05, 4.69) is 5.32 Å². The Kier molecular flexibility index (Phi) is 8.41. The number of rotatable bonds is 6. The number of halogens is 1. The Hall–Kier alpha value is -3.51. The quantitative estimate of drug-likeness (QED) is 0.330. The van der Waals surface area contributed by atoms with Gasteiger partial charge in [-0.1, -0.05) is 0 Å². The summed E-state index contributed by atoms with van der Waals surface area (Å²) in [5.74, 6) is -1.58. The van der Waals surface area contributed by atoms with Gasteiger partial charge in [0.1, 0.15) is 12.4 Å². The van der Waals surface area contributed by atoms with Gasteiger partial charge in [0.2, 0.25) is 0 Å². The molecule has 0 radical (unpaired) electrons. The number of anilines is 3. The Labute approximate surface area is 207 Å². The number of carbonyl (C=O) groups is 3. The highest BCUT2D eigenvalue weighted by molar-refractivity contribution is 6.04. The first kappa shape index (κ1) is 26.1. The van der Waals surface area contributed by atoms with Crippen molar-refractivity contribution in [3.05, 3.63) is 54.1 Å². The van der Waals surface area contributed by atoms with E-state index in [0.29, 0.717) is 35.8 Å². The van der Waals surface area contributed by atoms with Gasteiger partial charge < -0.3 is 35.4 Å². The van der Waals surface area contributed by atoms with Crippen LogP contribution in [0.4, 0.5) is 17.1 Å². The van der Waals surface area contributed by atoms with Crippen LogP contribution in [0.3, 0.4) is 0 Å². The molecule has 0 saturated carbocycles. The van der Waals surface area contributed by atoms with Crippen LogP contribution in [-0.2, 0) is 23.9 Å². The van der Waals surface area contributed by atoms with E-state index in [1.54, 1.807) is 41.3 Å². The molecule has 2 saturated heterocycles. The van der Waals surface area contributed by atoms with Crippen LogP contribution >= 0.6 is 12.4 Å². The van der Waals surface area contributed by atoms with Crippen molar-refractivity contribution in [2.45, 2.75) is 12.2 Å². The first-order chi connectivity index (χ1) is 16.3. The average molecular weight is 504 g/mol. The number of ether oxygens (including phenoxy) is 2. The van der Waals surface area contributed by atoms with E-state index in [1.807, 2.05) is 0 Å². The molecular formula is C23H26ClN5O6. The topological polar surface area (TPSA) is 158 Å². The number of amidine groups is 1. The fourth-order valence-electron chi connectivity index (χ4n) is 3.78. The lowest BCUT2D eigenvalue weighted by atomic mass is 10.1. The van der Waals surface area contributed by atoms with Gasteiger partial charge in [0.15, 0.2) is 12.2 Å². The molecule has 0 spiro atoms. The van der Waals surface area contributed by atoms with Crippen LogP contribution in [0.5, 0.6) is 0 Å². The normalized spacial score (nSPS) is 19.1. The second-order valence-corrected chi connectivity index (χ2v) is 7.82. The van der Waals surface area contributed by atoms with E-state index in [-0.39, 0.29) is 43.9 Å². The van der Waals surface area contributed by atoms with E-state index >= 15 is 0 Å². The number of nitrogens with one attached hydrogen (secondary N) is 2. The molecule has 5 N–H and O–H groups in total. The molecule has 1 unspecified atom stereocenters. The molecule has 2 aromatic rings. The molecule has 0 bridgehead atoms. The molecule has 3 amide bonds. The molecule has 2 heterocycles. The summed E-state index contributed by atoms with van der Waals surface area (Å²) in [4.78, 5) is 40.7. The summed E-state index contributed by atoms with van der Waals surface area (Å²) in [6, 6.07) is 13.1. The van der Waals surface area contributed by atoms with Crippen LogP contribution in [0, 0.1) is 5.41 Å². The predicted molar refractivity (Wildman–Crippen MR) is 131 cm³/mol. The van der Waals surface area contributed by atoms with Gasteiger partial charge in [-0.3, -0.25) is 19.8 Å². The van der Waals surface area contributed by atoms with Crippen molar-refractivity contribution in [1.82, 2.24) is 0 Å². The Morgan fingerprint density at radius 1 is 1.03 bits per heavy atom. The summed E-state index contributed by atoms with van der Waals surface area (Å²) in [7, 11) is 0. The summed E-state index contributed by atoms with van der Waals surface area (Å²) in [6.45, 7) is 1.34. The van der Waals surface area contributed by atoms with E-state index in [1.165, 1.54) is 17.0 Å². The van der Waals surface area contributed by atoms with E-state index in [9.17, 15) is 19.5 Å². The fourth-order valence-corrected chi connectivity index (χ4v) is 3.78. The van der Waals surface area contributed by atoms with Gasteiger partial charge in [-0.25, -0.2) is 0 Å². The molecule has 0 aliphatic carbocycles. The number of hydrogen-bond acceptors (Lipinski definition) is 7. The SMILES string of the molecule is Cl.N=C(N)c1ccc(NC(=O)C(O)[C@H]2OCCN(c3ccc(N4CCOCC4=O)cc3)C2=O)cc1. The number of amides is 3. The second-order valence-electron chi connectivity index (χ2n) is 7.82. The first-order valence-electron chi connectivity index (χ1n) is 10.7. The maximum absolute atomic E-state index is 13.0. The zero-order chi connectivity index (χ0) is 24.2. The van der Waals surface area contributed by atoms with E-state index < -0.39 is 24.0 Å². The maximum atomic E-state index is 13.0. The number of benzene rings is 2. The number of carbonyl (C=O) groups excluding carboxylic acids is 3. The number of aliphatic hydroxyl groups is 1. The Bertz CT molecular complexity index is 1090. The number of nitrogens with zero attached hydrogens (tertiary/aromatic N) is 2. The average Bonchev–Trinajstić information content (AvgIpc) is 2.84. The van der Waals surface area contributed by atoms with Crippen LogP contribution in [-0.4, -0.2) is 73.8 Å². The van der Waals surface area contributed by atoms with Crippen molar-refractivity contribution < 1.29 is 29.0 Å². The molecule has 2 aromatic carbocycles. The van der Waals surface area contributed by atoms with Gasteiger partial charge in [-0.2, -0.15) is 0 Å². The van der Waals surface area contributed by atoms with Gasteiger partial charge in [-0.15, -0.1) is 12.4 Å². The van der Waals surface area contributed by atoms with E-state index in [4.69, 9.17) is 20.6 Å². The molecule has 35 heavy (non-hydrogen) atoms. The molecule has 2 aliphatic rings. The van der Waals surface area contributed by atoms with Crippen molar-refractivity contribution >= 4 is 53.0 Å². The molecule has 2 aliphatic heterocycles. The third kappa shape index (κ3) is 5.77. The molecule has 4 rings (SSSR count). The van der Waals surface area contributed by atoms with Crippen LogP contribution in [0.2, 0.25) is 0 Å². The Morgan fingerprint density at radius 3 is 2.23 bits per heavy atom. The summed E-state index contributed by atoms with van der Waals surface area (Å²) in [5.41, 5.74) is 7.54. The van der Waals surface area contributed by atoms with Gasteiger partial charge >= 0.3 is 0 Å². The summed E-state index contributed by atoms with van der Waals surface area (Å²) in [6.07, 6.45) is -3.10. The molecule has 2 fully saturated rings. The van der Waals surface area contributed by atoms with Crippen LogP contribution < -0.4 is 20.9 Å². The van der Waals surface area contributed by atoms with Crippen molar-refractivity contribution in [3.63, 3.8) is 0 Å². The number of nitrogens with two attached hydrogens (primary N) is 1. The Morgan fingerprint density at radius 2 is 1.63 bits per heavy atom. The lowest BCUT2D eigenvalue weighted by molar-refractivity contribution is -0.150. The minimum absolute atomic E-state index is 0. The fraction of sp³-hybridized carbons (Fsp3) is 0.304. The van der Waals surface area contributed by atoms with Gasteiger partial charge in [0.05, 0.1) is 13.2 Å². The molecule has 186 valence electrons. The minimum Gasteiger partial charge on any atom is -0.384 e. The van der Waals surface area contributed by atoms with Crippen molar-refractivity contribution in [2.75, 3.05) is 48.0 Å². The number of hydrogen-bond donors (Lipinski definition) is 4. The van der Waals surface area contributed by atoms with Gasteiger partial charge in [0.25, 0.3) is 17.7 Å². The third-order valence-corrected chi connectivity index (χ3v) is 5.60. The zero-order valence-corrected chi connectivity index (χ0v) is 19.5. The first-order valence-corrected chi connectivity index (χ1v) is 10.7. The monoisotopic (exact) mass is 503 g/mol. The Balaban J connectivity index is 0.00000342. The van der Waals surface area contributed by atoms with Gasteiger partial charge in [-0.05, 0) is 48.5 Å². The molecular weight excluding hydrogens is 478 g/mol. The lowest BCUT2D eigenvalue weighted by Gasteiger charge is -2.34. The third-order valence-electron chi connectivity index (χ3n) is 5.60. The standard InChI is InChI=1S/C23H25N5O6.ClH/c24-21(25)14-1-3-15(4-2-14)26-22(31)19(30)20-23(32)28(10-12-34-20)17-7-5-16(6-8-17)27-9-11-33-13-18(27)29;/h1-8,19-20,30H,9-13H2,(H3,24,25)(H,26,31);1H/t19?,20-;/m1./s1. The zero-order valence-electron chi connectivity index (χ0n) is 18.7. The highest BCUT2D eigenvalue weighted by Gasteiger charge is 2.39. The summed E-state index contributed by atoms with van der Waals surface area (Å²) >= 11 is 0. The van der Waals surface area contributed by atoms with Crippen molar-refractivity contribution in [2.24, 2.45) is 5.73 Å². The second kappa shape index (κ2) is 11.3. The smallest absolute Gasteiger partial charge is 0.259 e. The van der Waals surface area contributed by atoms with Crippen molar-refractivity contribution in [3.8, 4) is 0 Å². The molecule has 11 nitrogen and oxygen atoms in total. The number of nitrogen functional groups attached to an aromatic ring is 1. The highest BCUT2D eigenvalue weighted by atomic mass is 35.5. The van der Waals surface area contributed by atoms with Crippen LogP contribution in [0.1, 0.15) is 5.56 Å². The summed E-state index contributed by atoms with van der Waals surface area (Å²) < 4.78 is 10.6. The predicted octanol–water partition coefficient (Wildman–Crippen LogP) is 0.487. The lowest BCUT2D eigenvalue weighted by Crippen LogP contribution is -2.55. The van der Waals surface area contributed by atoms with Crippen molar-refractivity contribution in [1.29, 1.82) is 5.41 Å². The van der Waals surface area contributed by atoms with Gasteiger partial charge in [0, 0.05) is 35.7 Å². The largest absolute Gasteiger partial charge is 0.384 e. The number of aliphatic hydroxyl groups excluding tert-OH is 1. The highest BCUT2D eigenvalue weighted by Crippen LogP contribution is 2.25. The number of morpholine rings is 2.